The first-order valence-corrected chi connectivity index (χ1v) is 10.2. The Kier molecular flexibility index (Phi) is 8.95. The van der Waals surface area contributed by atoms with E-state index in [2.05, 4.69) is 10.3 Å². The Morgan fingerprint density at radius 2 is 1.93 bits per heavy atom. The van der Waals surface area contributed by atoms with Crippen molar-refractivity contribution in [2.24, 2.45) is 17.6 Å². The zero-order valence-corrected chi connectivity index (χ0v) is 17.7. The van der Waals surface area contributed by atoms with Gasteiger partial charge >= 0.3 is 0 Å². The summed E-state index contributed by atoms with van der Waals surface area (Å²) in [6.45, 7) is -0.195. The summed E-state index contributed by atoms with van der Waals surface area (Å²) in [4.78, 5) is 16.4. The Morgan fingerprint density at radius 1 is 1.30 bits per heavy atom. The van der Waals surface area contributed by atoms with Crippen LogP contribution in [0.25, 0.3) is 0 Å². The third kappa shape index (κ3) is 5.54. The third-order valence-electron chi connectivity index (χ3n) is 5.41. The minimum absolute atomic E-state index is 0. The number of amides is 1. The molecular weight excluding hydrogens is 411 g/mol. The average Bonchev–Trinajstić information content (AvgIpc) is 2.56. The van der Waals surface area contributed by atoms with Crippen LogP contribution in [0.5, 0.6) is 0 Å². The van der Waals surface area contributed by atoms with Gasteiger partial charge in [-0.3, -0.25) is 9.78 Å². The quantitative estimate of drug-likeness (QED) is 0.725. The zero-order chi connectivity index (χ0) is 18.0. The van der Waals surface area contributed by atoms with Gasteiger partial charge in [-0.15, -0.1) is 24.8 Å². The highest BCUT2D eigenvalue weighted by Crippen LogP contribution is 2.39. The number of sulfonamides is 1. The molecule has 0 radical (unpaired) electrons. The second-order valence-electron chi connectivity index (χ2n) is 7.23. The first kappa shape index (κ1) is 24.1. The fraction of sp³-hybridized carbons (Fsp3) is 0.647. The van der Waals surface area contributed by atoms with E-state index < -0.39 is 10.0 Å². The summed E-state index contributed by atoms with van der Waals surface area (Å²) in [7, 11) is -2.30. The third-order valence-corrected chi connectivity index (χ3v) is 7.20. The molecule has 2 bridgehead atoms. The SMILES string of the molecule is CN(CC(=O)NC1C2CCCC1CC(N)C2)S(=O)(=O)c1cccnc1.Cl.Cl. The Bertz CT molecular complexity index is 706. The average molecular weight is 439 g/mol. The Labute approximate surface area is 173 Å². The molecule has 2 unspecified atom stereocenters. The van der Waals surface area contributed by atoms with Crippen LogP contribution in [0.1, 0.15) is 32.1 Å². The lowest BCUT2D eigenvalue weighted by atomic mass is 9.67. The van der Waals surface area contributed by atoms with Crippen LogP contribution in [-0.4, -0.2) is 49.3 Å². The van der Waals surface area contributed by atoms with Gasteiger partial charge in [-0.25, -0.2) is 8.42 Å². The molecule has 7 nitrogen and oxygen atoms in total. The minimum atomic E-state index is -3.71. The Balaban J connectivity index is 0.00000182. The standard InChI is InChI=1S/C17H26N4O3S.2ClH/c1-21(25(23,24)15-6-3-7-19-10-15)11-16(22)20-17-12-4-2-5-13(17)9-14(18)8-12;;/h3,6-7,10,12-14,17H,2,4-5,8-9,11,18H2,1H3,(H,20,22);2*1H. The number of nitrogens with two attached hydrogens (primary N) is 1. The van der Waals surface area contributed by atoms with E-state index in [1.165, 1.54) is 31.9 Å². The highest BCUT2D eigenvalue weighted by Gasteiger charge is 2.40. The Morgan fingerprint density at radius 3 is 2.48 bits per heavy atom. The highest BCUT2D eigenvalue weighted by molar-refractivity contribution is 7.89. The van der Waals surface area contributed by atoms with Crippen molar-refractivity contribution in [1.82, 2.24) is 14.6 Å². The molecule has 3 N–H and O–H groups in total. The van der Waals surface area contributed by atoms with E-state index >= 15 is 0 Å². The van der Waals surface area contributed by atoms with Crippen molar-refractivity contribution < 1.29 is 13.2 Å². The van der Waals surface area contributed by atoms with Crippen molar-refractivity contribution in [3.63, 3.8) is 0 Å². The molecule has 2 fully saturated rings. The van der Waals surface area contributed by atoms with E-state index in [1.54, 1.807) is 6.07 Å². The first-order chi connectivity index (χ1) is 11.9. The molecule has 0 saturated heterocycles. The van der Waals surface area contributed by atoms with Crippen LogP contribution in [-0.2, 0) is 14.8 Å². The summed E-state index contributed by atoms with van der Waals surface area (Å²) in [6.07, 6.45) is 8.02. The van der Waals surface area contributed by atoms with Crippen molar-refractivity contribution in [1.29, 1.82) is 0 Å². The lowest BCUT2D eigenvalue weighted by Crippen LogP contribution is -2.55. The molecule has 0 spiro atoms. The fourth-order valence-corrected chi connectivity index (χ4v) is 5.31. The molecule has 154 valence electrons. The van der Waals surface area contributed by atoms with Gasteiger partial charge in [0.15, 0.2) is 0 Å². The van der Waals surface area contributed by atoms with Gasteiger partial charge < -0.3 is 11.1 Å². The maximum absolute atomic E-state index is 12.5. The highest BCUT2D eigenvalue weighted by atomic mass is 35.5. The van der Waals surface area contributed by atoms with E-state index in [0.29, 0.717) is 11.8 Å². The van der Waals surface area contributed by atoms with Crippen molar-refractivity contribution in [3.8, 4) is 0 Å². The van der Waals surface area contributed by atoms with Gasteiger partial charge in [-0.05, 0) is 49.7 Å². The van der Waals surface area contributed by atoms with Gasteiger partial charge in [0, 0.05) is 31.5 Å². The Hall–Kier alpha value is -0.930. The molecule has 1 aromatic rings. The van der Waals surface area contributed by atoms with Crippen molar-refractivity contribution in [3.05, 3.63) is 24.5 Å². The van der Waals surface area contributed by atoms with Crippen molar-refractivity contribution >= 4 is 40.7 Å². The van der Waals surface area contributed by atoms with Crippen LogP contribution < -0.4 is 11.1 Å². The number of carbonyl (C=O) groups excluding carboxylic acids is 1. The molecule has 1 aromatic heterocycles. The molecule has 0 aliphatic heterocycles. The van der Waals surface area contributed by atoms with Crippen molar-refractivity contribution in [2.45, 2.75) is 49.1 Å². The minimum Gasteiger partial charge on any atom is -0.352 e. The molecule has 2 saturated carbocycles. The van der Waals surface area contributed by atoms with Gasteiger partial charge in [0.05, 0.1) is 6.54 Å². The molecular formula is C17H28Cl2N4O3S. The van der Waals surface area contributed by atoms with Crippen LogP contribution >= 0.6 is 24.8 Å². The maximum Gasteiger partial charge on any atom is 0.244 e. The lowest BCUT2D eigenvalue weighted by molar-refractivity contribution is -0.123. The summed E-state index contributed by atoms with van der Waals surface area (Å²) >= 11 is 0. The second kappa shape index (κ2) is 10.0. The largest absolute Gasteiger partial charge is 0.352 e. The number of nitrogens with one attached hydrogen (secondary N) is 1. The second-order valence-corrected chi connectivity index (χ2v) is 9.27. The van der Waals surface area contributed by atoms with Gasteiger partial charge in [0.1, 0.15) is 4.90 Å². The molecule has 2 atom stereocenters. The van der Waals surface area contributed by atoms with E-state index in [1.807, 2.05) is 0 Å². The summed E-state index contributed by atoms with van der Waals surface area (Å²) in [6, 6.07) is 3.38. The molecule has 27 heavy (non-hydrogen) atoms. The van der Waals surface area contributed by atoms with E-state index in [9.17, 15) is 13.2 Å². The molecule has 3 rings (SSSR count). The number of aromatic nitrogens is 1. The van der Waals surface area contributed by atoms with Gasteiger partial charge in [0.25, 0.3) is 0 Å². The lowest BCUT2D eigenvalue weighted by Gasteiger charge is -2.45. The van der Waals surface area contributed by atoms with Gasteiger partial charge in [-0.2, -0.15) is 4.31 Å². The van der Waals surface area contributed by atoms with Crippen molar-refractivity contribution in [2.75, 3.05) is 13.6 Å². The van der Waals surface area contributed by atoms with Crippen LogP contribution in [0, 0.1) is 11.8 Å². The molecule has 2 aliphatic rings. The zero-order valence-electron chi connectivity index (χ0n) is 15.3. The summed E-state index contributed by atoms with van der Waals surface area (Å²) in [5.74, 6) is 0.561. The topological polar surface area (TPSA) is 105 Å². The smallest absolute Gasteiger partial charge is 0.244 e. The predicted octanol–water partition coefficient (Wildman–Crippen LogP) is 1.57. The number of nitrogens with zero attached hydrogens (tertiary/aromatic N) is 2. The van der Waals surface area contributed by atoms with Crippen LogP contribution in [0.4, 0.5) is 0 Å². The van der Waals surface area contributed by atoms with Crippen LogP contribution in [0.3, 0.4) is 0 Å². The number of rotatable bonds is 5. The summed E-state index contributed by atoms with van der Waals surface area (Å²) in [5, 5.41) is 3.08. The van der Waals surface area contributed by atoms with Crippen LogP contribution in [0.2, 0.25) is 0 Å². The molecule has 0 aromatic carbocycles. The molecule has 1 amide bonds. The van der Waals surface area contributed by atoms with E-state index in [0.717, 1.165) is 30.0 Å². The number of halogens is 2. The molecule has 1 heterocycles. The van der Waals surface area contributed by atoms with E-state index in [4.69, 9.17) is 5.73 Å². The predicted molar refractivity (Wildman–Crippen MR) is 109 cm³/mol. The monoisotopic (exact) mass is 438 g/mol. The maximum atomic E-state index is 12.5. The molecule has 2 aliphatic carbocycles. The first-order valence-electron chi connectivity index (χ1n) is 8.79. The summed E-state index contributed by atoms with van der Waals surface area (Å²) in [5.41, 5.74) is 6.11. The fourth-order valence-electron chi connectivity index (χ4n) is 4.22. The van der Waals surface area contributed by atoms with E-state index in [-0.39, 0.29) is 54.2 Å². The number of carbonyl (C=O) groups is 1. The number of hydrogen-bond donors (Lipinski definition) is 2. The summed E-state index contributed by atoms with van der Waals surface area (Å²) < 4.78 is 26.0. The normalized spacial score (nSPS) is 27.2. The number of hydrogen-bond acceptors (Lipinski definition) is 5. The number of fused-ring (bicyclic) bond motifs is 2. The number of pyridine rings is 1. The van der Waals surface area contributed by atoms with Gasteiger partial charge in [-0.1, -0.05) is 6.42 Å². The van der Waals surface area contributed by atoms with Gasteiger partial charge in [0.2, 0.25) is 15.9 Å². The number of likely N-dealkylation sites (N-methyl/N-ethyl adjacent to an activating group) is 1. The molecule has 10 heteroatoms. The van der Waals surface area contributed by atoms with Crippen LogP contribution in [0.15, 0.2) is 29.4 Å².